The molecule has 0 radical (unpaired) electrons. The van der Waals surface area contributed by atoms with Crippen LogP contribution in [-0.4, -0.2) is 32.9 Å². The van der Waals surface area contributed by atoms with Gasteiger partial charge in [0.2, 0.25) is 0 Å². The third-order valence-electron chi connectivity index (χ3n) is 3.60. The lowest BCUT2D eigenvalue weighted by molar-refractivity contribution is 0.288. The van der Waals surface area contributed by atoms with Crippen LogP contribution in [0.5, 0.6) is 5.75 Å². The van der Waals surface area contributed by atoms with Crippen molar-refractivity contribution in [2.24, 2.45) is 0 Å². The second-order valence-corrected chi connectivity index (χ2v) is 5.60. The highest BCUT2D eigenvalue weighted by Gasteiger charge is 2.15. The minimum absolute atomic E-state index is 0.0932. The Hall–Kier alpha value is -2.31. The molecule has 0 saturated heterocycles. The topological polar surface area (TPSA) is 71.7 Å². The van der Waals surface area contributed by atoms with E-state index in [4.69, 9.17) is 21.4 Å². The number of aromatic nitrogens is 3. The molecule has 0 aliphatic heterocycles. The van der Waals surface area contributed by atoms with Crippen molar-refractivity contribution < 1.29 is 9.84 Å². The number of nitrogens with one attached hydrogen (secondary N) is 1. The van der Waals surface area contributed by atoms with Gasteiger partial charge >= 0.3 is 0 Å². The van der Waals surface area contributed by atoms with Crippen LogP contribution in [0.1, 0.15) is 18.9 Å². The molecule has 0 atom stereocenters. The van der Waals surface area contributed by atoms with Crippen LogP contribution in [0.4, 0.5) is 11.5 Å². The fourth-order valence-electron chi connectivity index (χ4n) is 2.49. The van der Waals surface area contributed by atoms with Crippen LogP contribution in [-0.2, 0) is 6.42 Å². The molecule has 126 valence electrons. The highest BCUT2D eigenvalue weighted by molar-refractivity contribution is 6.30. The highest BCUT2D eigenvalue weighted by Crippen LogP contribution is 2.28. The summed E-state index contributed by atoms with van der Waals surface area (Å²) in [6, 6.07) is 9.48. The van der Waals surface area contributed by atoms with Crippen molar-refractivity contribution in [3.63, 3.8) is 0 Å². The molecule has 0 spiro atoms. The maximum absolute atomic E-state index is 9.13. The minimum Gasteiger partial charge on any atom is -0.494 e. The number of aliphatic hydroxyl groups is 1. The van der Waals surface area contributed by atoms with E-state index in [0.717, 1.165) is 22.8 Å². The molecule has 0 amide bonds. The number of benzene rings is 1. The zero-order chi connectivity index (χ0) is 16.9. The van der Waals surface area contributed by atoms with Gasteiger partial charge in [-0.15, -0.1) is 0 Å². The summed E-state index contributed by atoms with van der Waals surface area (Å²) in [5.41, 5.74) is 2.39. The van der Waals surface area contributed by atoms with Crippen LogP contribution in [0.2, 0.25) is 5.15 Å². The fraction of sp³-hybridized carbons (Fsp3) is 0.294. The highest BCUT2D eigenvalue weighted by atomic mass is 35.5. The average molecular weight is 347 g/mol. The smallest absolute Gasteiger partial charge is 0.159 e. The Morgan fingerprint density at radius 3 is 2.75 bits per heavy atom. The minimum atomic E-state index is 0.0932. The molecule has 1 aromatic carbocycles. The number of aliphatic hydroxyl groups excluding tert-OH is 1. The van der Waals surface area contributed by atoms with Gasteiger partial charge in [0, 0.05) is 23.9 Å². The Morgan fingerprint density at radius 1 is 1.25 bits per heavy atom. The normalized spacial score (nSPS) is 11.0. The van der Waals surface area contributed by atoms with Gasteiger partial charge < -0.3 is 15.2 Å². The van der Waals surface area contributed by atoms with Gasteiger partial charge in [-0.05, 0) is 44.0 Å². The number of nitrogens with zero attached hydrogens (tertiary/aromatic N) is 3. The molecular formula is C17H19ClN4O2. The van der Waals surface area contributed by atoms with E-state index in [1.807, 2.05) is 31.2 Å². The zero-order valence-corrected chi connectivity index (χ0v) is 14.1. The lowest BCUT2D eigenvalue weighted by atomic mass is 10.1. The van der Waals surface area contributed by atoms with E-state index in [-0.39, 0.29) is 6.61 Å². The summed E-state index contributed by atoms with van der Waals surface area (Å²) in [5, 5.41) is 17.2. The molecule has 3 rings (SSSR count). The van der Waals surface area contributed by atoms with Crippen LogP contribution in [0.15, 0.2) is 36.5 Å². The van der Waals surface area contributed by atoms with Crippen LogP contribution < -0.4 is 10.1 Å². The molecule has 3 aromatic rings. The lowest BCUT2D eigenvalue weighted by Crippen LogP contribution is -2.07. The van der Waals surface area contributed by atoms with Gasteiger partial charge in [-0.1, -0.05) is 11.6 Å². The maximum atomic E-state index is 9.13. The number of anilines is 2. The predicted molar refractivity (Wildman–Crippen MR) is 94.3 cm³/mol. The van der Waals surface area contributed by atoms with Crippen molar-refractivity contribution in [2.75, 3.05) is 18.5 Å². The molecule has 2 heterocycles. The molecule has 2 N–H and O–H groups in total. The summed E-state index contributed by atoms with van der Waals surface area (Å²) < 4.78 is 7.18. The van der Waals surface area contributed by atoms with Gasteiger partial charge in [-0.3, -0.25) is 0 Å². The number of hydrogen-bond donors (Lipinski definition) is 2. The molecule has 0 aliphatic rings. The van der Waals surface area contributed by atoms with Crippen molar-refractivity contribution in [1.29, 1.82) is 0 Å². The first kappa shape index (κ1) is 16.5. The summed E-state index contributed by atoms with van der Waals surface area (Å²) >= 11 is 6.34. The summed E-state index contributed by atoms with van der Waals surface area (Å²) in [6.07, 6.45) is 2.89. The average Bonchev–Trinajstić information content (AvgIpc) is 3.04. The first-order valence-corrected chi connectivity index (χ1v) is 8.23. The Morgan fingerprint density at radius 2 is 2.04 bits per heavy atom. The Kier molecular flexibility index (Phi) is 5.17. The third kappa shape index (κ3) is 3.44. The second-order valence-electron chi connectivity index (χ2n) is 5.24. The molecule has 0 saturated carbocycles. The largest absolute Gasteiger partial charge is 0.494 e. The molecular weight excluding hydrogens is 328 g/mol. The van der Waals surface area contributed by atoms with Crippen molar-refractivity contribution in [2.45, 2.75) is 19.8 Å². The maximum Gasteiger partial charge on any atom is 0.159 e. The second kappa shape index (κ2) is 7.51. The van der Waals surface area contributed by atoms with Crippen LogP contribution in [0.25, 0.3) is 5.65 Å². The van der Waals surface area contributed by atoms with Crippen LogP contribution in [0, 0.1) is 0 Å². The van der Waals surface area contributed by atoms with E-state index in [9.17, 15) is 0 Å². The van der Waals surface area contributed by atoms with Crippen molar-refractivity contribution in [1.82, 2.24) is 14.6 Å². The Labute approximate surface area is 145 Å². The molecule has 0 bridgehead atoms. The van der Waals surface area contributed by atoms with Crippen LogP contribution in [0.3, 0.4) is 0 Å². The molecule has 0 fully saturated rings. The van der Waals surface area contributed by atoms with Gasteiger partial charge in [-0.2, -0.15) is 9.61 Å². The molecule has 24 heavy (non-hydrogen) atoms. The van der Waals surface area contributed by atoms with E-state index in [2.05, 4.69) is 15.4 Å². The van der Waals surface area contributed by atoms with E-state index in [1.165, 1.54) is 0 Å². The van der Waals surface area contributed by atoms with Gasteiger partial charge in [0.15, 0.2) is 5.65 Å². The van der Waals surface area contributed by atoms with E-state index < -0.39 is 0 Å². The number of rotatable bonds is 7. The summed E-state index contributed by atoms with van der Waals surface area (Å²) in [5.74, 6) is 1.58. The third-order valence-corrected chi connectivity index (χ3v) is 3.91. The number of fused-ring (bicyclic) bond motifs is 1. The number of ether oxygens (including phenoxy) is 1. The summed E-state index contributed by atoms with van der Waals surface area (Å²) in [4.78, 5) is 4.35. The summed E-state index contributed by atoms with van der Waals surface area (Å²) in [7, 11) is 0. The van der Waals surface area contributed by atoms with E-state index >= 15 is 0 Å². The molecule has 2 aromatic heterocycles. The molecule has 0 unspecified atom stereocenters. The van der Waals surface area contributed by atoms with E-state index in [0.29, 0.717) is 30.2 Å². The molecule has 6 nitrogen and oxygen atoms in total. The van der Waals surface area contributed by atoms with Crippen molar-refractivity contribution in [3.8, 4) is 5.75 Å². The quantitative estimate of drug-likeness (QED) is 0.641. The van der Waals surface area contributed by atoms with Gasteiger partial charge in [0.25, 0.3) is 0 Å². The first-order valence-electron chi connectivity index (χ1n) is 7.85. The van der Waals surface area contributed by atoms with E-state index in [1.54, 1.807) is 16.8 Å². The lowest BCUT2D eigenvalue weighted by Gasteiger charge is -2.15. The fourth-order valence-corrected chi connectivity index (χ4v) is 2.76. The Bertz CT molecular complexity index is 817. The summed E-state index contributed by atoms with van der Waals surface area (Å²) in [6.45, 7) is 2.68. The SMILES string of the molecule is CCOc1ccc(Nc2c(CCCO)c(Cl)nc3ccnn23)cc1. The predicted octanol–water partition coefficient (Wildman–Crippen LogP) is 3.45. The zero-order valence-electron chi connectivity index (χ0n) is 13.4. The van der Waals surface area contributed by atoms with Gasteiger partial charge in [0.05, 0.1) is 12.8 Å². The number of hydrogen-bond acceptors (Lipinski definition) is 5. The van der Waals surface area contributed by atoms with Gasteiger partial charge in [-0.25, -0.2) is 4.98 Å². The monoisotopic (exact) mass is 346 g/mol. The first-order chi connectivity index (χ1) is 11.7. The number of halogens is 1. The van der Waals surface area contributed by atoms with Crippen LogP contribution >= 0.6 is 11.6 Å². The van der Waals surface area contributed by atoms with Gasteiger partial charge in [0.1, 0.15) is 16.7 Å². The van der Waals surface area contributed by atoms with Crippen molar-refractivity contribution >= 4 is 28.8 Å². The molecule has 7 heteroatoms. The molecule has 0 aliphatic carbocycles. The Balaban J connectivity index is 1.98. The standard InChI is InChI=1S/C17H19ClN4O2/c1-2-24-13-7-5-12(6-8-13)20-17-14(4-3-11-23)16(18)21-15-9-10-19-22(15)17/h5-10,20,23H,2-4,11H2,1H3. The van der Waals surface area contributed by atoms with Crippen molar-refractivity contribution in [3.05, 3.63) is 47.2 Å².